The fraction of sp³-hybridized carbons (Fsp3) is 0.727. The van der Waals surface area contributed by atoms with Gasteiger partial charge in [0.1, 0.15) is 0 Å². The largest absolute Gasteiger partial charge is 0.287 e. The van der Waals surface area contributed by atoms with E-state index in [4.69, 9.17) is 0 Å². The number of amides is 2. The monoisotopic (exact) mass is 243 g/mol. The predicted octanol–water partition coefficient (Wildman–Crippen LogP) is 1.30. The van der Waals surface area contributed by atoms with Crippen LogP contribution in [0.1, 0.15) is 26.7 Å². The molecule has 1 atom stereocenters. The average Bonchev–Trinajstić information content (AvgIpc) is 2.51. The van der Waals surface area contributed by atoms with Gasteiger partial charge in [-0.15, -0.1) is 0 Å². The zero-order chi connectivity index (χ0) is 12.3. The van der Waals surface area contributed by atoms with Gasteiger partial charge in [-0.2, -0.15) is 0 Å². The van der Waals surface area contributed by atoms with Crippen LogP contribution in [-0.4, -0.2) is 34.6 Å². The average molecular weight is 243 g/mol. The predicted molar refractivity (Wildman–Crippen MR) is 62.8 cm³/mol. The first-order valence-corrected chi connectivity index (χ1v) is 6.60. The van der Waals surface area contributed by atoms with Crippen molar-refractivity contribution in [1.82, 2.24) is 4.90 Å². The van der Waals surface area contributed by atoms with E-state index < -0.39 is 0 Å². The Morgan fingerprint density at radius 2 is 2.12 bits per heavy atom. The van der Waals surface area contributed by atoms with Crippen LogP contribution in [0, 0.1) is 11.8 Å². The molecule has 16 heavy (non-hydrogen) atoms. The van der Waals surface area contributed by atoms with Crippen LogP contribution in [0.2, 0.25) is 0 Å². The molecule has 0 aromatic rings. The molecule has 1 unspecified atom stereocenters. The molecule has 0 saturated carbocycles. The van der Waals surface area contributed by atoms with Crippen molar-refractivity contribution in [3.8, 4) is 0 Å². The topological polar surface area (TPSA) is 54.5 Å². The van der Waals surface area contributed by atoms with Crippen LogP contribution in [0.4, 0.5) is 0 Å². The quantitative estimate of drug-likeness (QED) is 0.698. The van der Waals surface area contributed by atoms with Crippen molar-refractivity contribution < 1.29 is 14.4 Å². The van der Waals surface area contributed by atoms with Crippen LogP contribution >= 0.6 is 11.8 Å². The second kappa shape index (κ2) is 5.48. The van der Waals surface area contributed by atoms with E-state index in [9.17, 15) is 14.4 Å². The Hall–Kier alpha value is -0.840. The van der Waals surface area contributed by atoms with Crippen LogP contribution in [0.3, 0.4) is 0 Å². The third kappa shape index (κ3) is 2.84. The highest BCUT2D eigenvalue weighted by atomic mass is 32.2. The van der Waals surface area contributed by atoms with E-state index in [1.165, 1.54) is 4.90 Å². The summed E-state index contributed by atoms with van der Waals surface area (Å²) in [7, 11) is 0. The van der Waals surface area contributed by atoms with E-state index >= 15 is 0 Å². The minimum absolute atomic E-state index is 0.00796. The van der Waals surface area contributed by atoms with Gasteiger partial charge in [-0.3, -0.25) is 19.3 Å². The fourth-order valence-electron chi connectivity index (χ4n) is 1.77. The fourth-order valence-corrected chi connectivity index (χ4v) is 2.07. The van der Waals surface area contributed by atoms with Gasteiger partial charge in [-0.1, -0.05) is 25.6 Å². The molecule has 1 saturated heterocycles. The van der Waals surface area contributed by atoms with E-state index in [0.717, 1.165) is 11.8 Å². The lowest BCUT2D eigenvalue weighted by molar-refractivity contribution is -0.139. The molecule has 1 rings (SSSR count). The summed E-state index contributed by atoms with van der Waals surface area (Å²) in [4.78, 5) is 35.8. The third-order valence-electron chi connectivity index (χ3n) is 2.85. The summed E-state index contributed by atoms with van der Waals surface area (Å²) in [6, 6.07) is 0. The van der Waals surface area contributed by atoms with Crippen LogP contribution in [0.15, 0.2) is 0 Å². The highest BCUT2D eigenvalue weighted by molar-refractivity contribution is 8.13. The van der Waals surface area contributed by atoms with Gasteiger partial charge >= 0.3 is 0 Å². The van der Waals surface area contributed by atoms with Crippen LogP contribution in [-0.2, 0) is 14.4 Å². The lowest BCUT2D eigenvalue weighted by atomic mass is 9.94. The molecular weight excluding hydrogens is 226 g/mol. The molecule has 0 bridgehead atoms. The summed E-state index contributed by atoms with van der Waals surface area (Å²) in [6.45, 7) is 4.11. The number of carbonyl (C=O) groups is 3. The molecule has 0 radical (unpaired) electrons. The molecule has 0 aliphatic carbocycles. The normalized spacial score (nSPS) is 21.0. The van der Waals surface area contributed by atoms with Gasteiger partial charge in [-0.25, -0.2) is 0 Å². The van der Waals surface area contributed by atoms with Gasteiger partial charge in [0.15, 0.2) is 5.12 Å². The van der Waals surface area contributed by atoms with Crippen LogP contribution in [0.25, 0.3) is 0 Å². The summed E-state index contributed by atoms with van der Waals surface area (Å²) in [5.74, 6) is -0.277. The number of thioether (sulfide) groups is 1. The second-order valence-corrected chi connectivity index (χ2v) is 5.13. The van der Waals surface area contributed by atoms with Crippen molar-refractivity contribution in [3.63, 3.8) is 0 Å². The van der Waals surface area contributed by atoms with Crippen molar-refractivity contribution in [2.24, 2.45) is 11.8 Å². The third-order valence-corrected chi connectivity index (χ3v) is 3.51. The Morgan fingerprint density at radius 1 is 1.50 bits per heavy atom. The van der Waals surface area contributed by atoms with E-state index in [0.29, 0.717) is 6.42 Å². The number of rotatable bonds is 4. The molecule has 0 aromatic heterocycles. The van der Waals surface area contributed by atoms with E-state index in [2.05, 4.69) is 0 Å². The highest BCUT2D eigenvalue weighted by Crippen LogP contribution is 2.26. The number of imide groups is 1. The molecule has 1 fully saturated rings. The zero-order valence-electron chi connectivity index (χ0n) is 9.86. The summed E-state index contributed by atoms with van der Waals surface area (Å²) in [5, 5.41) is 0.00796. The Labute approximate surface area is 99.8 Å². The molecule has 0 N–H and O–H groups in total. The van der Waals surface area contributed by atoms with Crippen LogP contribution < -0.4 is 0 Å². The molecule has 1 heterocycles. The number of hydrogen-bond acceptors (Lipinski definition) is 4. The number of hydrogen-bond donors (Lipinski definition) is 0. The maximum atomic E-state index is 11.8. The molecule has 0 spiro atoms. The second-order valence-electron chi connectivity index (χ2n) is 4.26. The summed E-state index contributed by atoms with van der Waals surface area (Å²) >= 11 is 1.13. The number of carbonyl (C=O) groups excluding carboxylic acids is 3. The highest BCUT2D eigenvalue weighted by Gasteiger charge is 2.39. The Morgan fingerprint density at radius 3 is 2.56 bits per heavy atom. The van der Waals surface area contributed by atoms with Crippen molar-refractivity contribution in [2.75, 3.05) is 12.8 Å². The first kappa shape index (κ1) is 13.2. The molecular formula is C11H17NO3S. The van der Waals surface area contributed by atoms with E-state index in [1.807, 2.05) is 13.8 Å². The van der Waals surface area contributed by atoms with Crippen LogP contribution in [0.5, 0.6) is 0 Å². The SMILES string of the molecule is CSC(=O)CCN1C(=O)CC(C(C)C)C1=O. The lowest BCUT2D eigenvalue weighted by Gasteiger charge is -2.15. The smallest absolute Gasteiger partial charge is 0.233 e. The first-order chi connectivity index (χ1) is 7.47. The van der Waals surface area contributed by atoms with E-state index in [1.54, 1.807) is 6.26 Å². The number of nitrogens with zero attached hydrogens (tertiary/aromatic N) is 1. The zero-order valence-corrected chi connectivity index (χ0v) is 10.7. The first-order valence-electron chi connectivity index (χ1n) is 5.38. The van der Waals surface area contributed by atoms with Crippen molar-refractivity contribution >= 4 is 28.7 Å². The van der Waals surface area contributed by atoms with E-state index in [-0.39, 0.29) is 41.7 Å². The van der Waals surface area contributed by atoms with Crippen molar-refractivity contribution in [3.05, 3.63) is 0 Å². The summed E-state index contributed by atoms with van der Waals surface area (Å²) in [6.07, 6.45) is 2.25. The molecule has 5 heteroatoms. The summed E-state index contributed by atoms with van der Waals surface area (Å²) < 4.78 is 0. The molecule has 2 amide bonds. The Kier molecular flexibility index (Phi) is 4.53. The van der Waals surface area contributed by atoms with Crippen molar-refractivity contribution in [1.29, 1.82) is 0 Å². The Balaban J connectivity index is 2.58. The Bertz CT molecular complexity index is 314. The maximum Gasteiger partial charge on any atom is 0.233 e. The molecule has 4 nitrogen and oxygen atoms in total. The maximum absolute atomic E-state index is 11.8. The molecule has 1 aliphatic rings. The lowest BCUT2D eigenvalue weighted by Crippen LogP contribution is -2.33. The van der Waals surface area contributed by atoms with Gasteiger partial charge in [0.25, 0.3) is 0 Å². The summed E-state index contributed by atoms with van der Waals surface area (Å²) in [5.41, 5.74) is 0. The van der Waals surface area contributed by atoms with Gasteiger partial charge in [-0.05, 0) is 12.2 Å². The molecule has 1 aliphatic heterocycles. The molecule has 90 valence electrons. The van der Waals surface area contributed by atoms with Gasteiger partial charge in [0, 0.05) is 25.3 Å². The van der Waals surface area contributed by atoms with Gasteiger partial charge in [0.2, 0.25) is 11.8 Å². The minimum Gasteiger partial charge on any atom is -0.287 e. The number of likely N-dealkylation sites (tertiary alicyclic amines) is 1. The standard InChI is InChI=1S/C11H17NO3S/c1-7(2)8-6-9(13)12(11(8)15)5-4-10(14)16-3/h7-8H,4-6H2,1-3H3. The molecule has 0 aromatic carbocycles. The van der Waals surface area contributed by atoms with Crippen molar-refractivity contribution in [2.45, 2.75) is 26.7 Å². The van der Waals surface area contributed by atoms with Gasteiger partial charge < -0.3 is 0 Å². The minimum atomic E-state index is -0.197. The van der Waals surface area contributed by atoms with Gasteiger partial charge in [0.05, 0.1) is 0 Å².